The third kappa shape index (κ3) is 3.22. The van der Waals surface area contributed by atoms with Gasteiger partial charge in [-0.25, -0.2) is 8.78 Å². The summed E-state index contributed by atoms with van der Waals surface area (Å²) in [7, 11) is 0. The molecular formula is C14H12ClF2NO. The molecule has 0 aliphatic carbocycles. The van der Waals surface area contributed by atoms with E-state index in [-0.39, 0.29) is 12.2 Å². The summed E-state index contributed by atoms with van der Waals surface area (Å²) in [6.45, 7) is -0.368. The molecule has 100 valence electrons. The molecule has 2 aromatic carbocycles. The normalized spacial score (nSPS) is 12.2. The standard InChI is InChI=1S/C14H12ClF2NO/c15-9-3-1-4-10(7-9)18-13(8-19)11-5-2-6-12(16)14(11)17/h1-7,13,18-19H,8H2. The Morgan fingerprint density at radius 2 is 1.89 bits per heavy atom. The number of nitrogens with one attached hydrogen (secondary N) is 1. The summed E-state index contributed by atoms with van der Waals surface area (Å²) in [5, 5.41) is 12.8. The second-order valence-electron chi connectivity index (χ2n) is 4.03. The Kier molecular flexibility index (Phi) is 4.35. The Bertz CT molecular complexity index is 577. The number of aliphatic hydroxyl groups excluding tert-OH is 1. The van der Waals surface area contributed by atoms with Gasteiger partial charge in [-0.1, -0.05) is 29.8 Å². The molecule has 2 rings (SSSR count). The molecule has 2 nitrogen and oxygen atoms in total. The molecule has 0 bridgehead atoms. The van der Waals surface area contributed by atoms with Crippen molar-refractivity contribution in [1.82, 2.24) is 0 Å². The fourth-order valence-corrected chi connectivity index (χ4v) is 1.98. The fourth-order valence-electron chi connectivity index (χ4n) is 1.79. The third-order valence-electron chi connectivity index (χ3n) is 2.70. The maximum atomic E-state index is 13.7. The minimum Gasteiger partial charge on any atom is -0.394 e. The van der Waals surface area contributed by atoms with Gasteiger partial charge in [0.1, 0.15) is 0 Å². The van der Waals surface area contributed by atoms with Crippen molar-refractivity contribution in [1.29, 1.82) is 0 Å². The van der Waals surface area contributed by atoms with Gasteiger partial charge in [0.05, 0.1) is 12.6 Å². The zero-order chi connectivity index (χ0) is 13.8. The number of hydrogen-bond acceptors (Lipinski definition) is 2. The highest BCUT2D eigenvalue weighted by Crippen LogP contribution is 2.24. The lowest BCUT2D eigenvalue weighted by molar-refractivity contribution is 0.273. The summed E-state index contributed by atoms with van der Waals surface area (Å²) < 4.78 is 26.8. The Hall–Kier alpha value is -1.65. The van der Waals surface area contributed by atoms with Crippen molar-refractivity contribution in [2.75, 3.05) is 11.9 Å². The van der Waals surface area contributed by atoms with Crippen molar-refractivity contribution in [2.24, 2.45) is 0 Å². The van der Waals surface area contributed by atoms with Gasteiger partial charge < -0.3 is 10.4 Å². The first kappa shape index (κ1) is 13.8. The van der Waals surface area contributed by atoms with E-state index >= 15 is 0 Å². The average molecular weight is 284 g/mol. The average Bonchev–Trinajstić information content (AvgIpc) is 2.40. The molecule has 0 radical (unpaired) electrons. The van der Waals surface area contributed by atoms with Crippen LogP contribution in [0.2, 0.25) is 5.02 Å². The highest BCUT2D eigenvalue weighted by atomic mass is 35.5. The van der Waals surface area contributed by atoms with Crippen molar-refractivity contribution < 1.29 is 13.9 Å². The summed E-state index contributed by atoms with van der Waals surface area (Å²) in [6.07, 6.45) is 0. The summed E-state index contributed by atoms with van der Waals surface area (Å²) in [5.41, 5.74) is 0.692. The molecule has 2 aromatic rings. The molecule has 0 saturated carbocycles. The molecular weight excluding hydrogens is 272 g/mol. The summed E-state index contributed by atoms with van der Waals surface area (Å²) in [4.78, 5) is 0. The molecule has 0 aliphatic rings. The largest absolute Gasteiger partial charge is 0.394 e. The van der Waals surface area contributed by atoms with Gasteiger partial charge in [0, 0.05) is 16.3 Å². The number of benzene rings is 2. The monoisotopic (exact) mass is 283 g/mol. The third-order valence-corrected chi connectivity index (χ3v) is 2.94. The first-order valence-corrected chi connectivity index (χ1v) is 6.06. The van der Waals surface area contributed by atoms with Gasteiger partial charge in [-0.15, -0.1) is 0 Å². The van der Waals surface area contributed by atoms with Crippen LogP contribution in [0.3, 0.4) is 0 Å². The van der Waals surface area contributed by atoms with Crippen LogP contribution in [0.4, 0.5) is 14.5 Å². The van der Waals surface area contributed by atoms with Crippen molar-refractivity contribution in [2.45, 2.75) is 6.04 Å². The van der Waals surface area contributed by atoms with E-state index in [2.05, 4.69) is 5.32 Å². The van der Waals surface area contributed by atoms with Crippen LogP contribution >= 0.6 is 11.6 Å². The molecule has 1 unspecified atom stereocenters. The van der Waals surface area contributed by atoms with Crippen LogP contribution in [0.5, 0.6) is 0 Å². The van der Waals surface area contributed by atoms with E-state index in [1.807, 2.05) is 0 Å². The molecule has 1 atom stereocenters. The minimum absolute atomic E-state index is 0.0717. The van der Waals surface area contributed by atoms with Gasteiger partial charge >= 0.3 is 0 Å². The highest BCUT2D eigenvalue weighted by Gasteiger charge is 2.17. The van der Waals surface area contributed by atoms with E-state index in [4.69, 9.17) is 11.6 Å². The highest BCUT2D eigenvalue weighted by molar-refractivity contribution is 6.30. The quantitative estimate of drug-likeness (QED) is 0.895. The van der Waals surface area contributed by atoms with Gasteiger partial charge in [-0.3, -0.25) is 0 Å². The topological polar surface area (TPSA) is 32.3 Å². The SMILES string of the molecule is OCC(Nc1cccc(Cl)c1)c1cccc(F)c1F. The second-order valence-corrected chi connectivity index (χ2v) is 4.47. The predicted molar refractivity (Wildman–Crippen MR) is 71.3 cm³/mol. The smallest absolute Gasteiger partial charge is 0.164 e. The van der Waals surface area contributed by atoms with E-state index < -0.39 is 17.7 Å². The molecule has 19 heavy (non-hydrogen) atoms. The molecule has 0 heterocycles. The van der Waals surface area contributed by atoms with Crippen molar-refractivity contribution in [3.05, 3.63) is 64.7 Å². The predicted octanol–water partition coefficient (Wildman–Crippen LogP) is 3.76. The first-order chi connectivity index (χ1) is 9.11. The Morgan fingerprint density at radius 1 is 1.16 bits per heavy atom. The van der Waals surface area contributed by atoms with Gasteiger partial charge in [0.2, 0.25) is 0 Å². The van der Waals surface area contributed by atoms with E-state index in [0.717, 1.165) is 6.07 Å². The molecule has 0 aliphatic heterocycles. The second kappa shape index (κ2) is 5.99. The Labute approximate surface area is 114 Å². The van der Waals surface area contributed by atoms with E-state index in [1.54, 1.807) is 24.3 Å². The van der Waals surface area contributed by atoms with Crippen LogP contribution < -0.4 is 5.32 Å². The van der Waals surface area contributed by atoms with Gasteiger partial charge in [-0.2, -0.15) is 0 Å². The fraction of sp³-hybridized carbons (Fsp3) is 0.143. The van der Waals surface area contributed by atoms with Crippen LogP contribution in [0.1, 0.15) is 11.6 Å². The van der Waals surface area contributed by atoms with E-state index in [9.17, 15) is 13.9 Å². The van der Waals surface area contributed by atoms with Crippen molar-refractivity contribution in [3.63, 3.8) is 0 Å². The van der Waals surface area contributed by atoms with Crippen molar-refractivity contribution in [3.8, 4) is 0 Å². The number of anilines is 1. The summed E-state index contributed by atoms with van der Waals surface area (Å²) in [5.74, 6) is -1.90. The Balaban J connectivity index is 2.28. The van der Waals surface area contributed by atoms with Gasteiger partial charge in [0.15, 0.2) is 11.6 Å². The lowest BCUT2D eigenvalue weighted by Crippen LogP contribution is -2.16. The summed E-state index contributed by atoms with van der Waals surface area (Å²) >= 11 is 5.84. The minimum atomic E-state index is -0.962. The maximum Gasteiger partial charge on any atom is 0.164 e. The lowest BCUT2D eigenvalue weighted by Gasteiger charge is -2.19. The number of rotatable bonds is 4. The zero-order valence-corrected chi connectivity index (χ0v) is 10.7. The van der Waals surface area contributed by atoms with Crippen LogP contribution in [0, 0.1) is 11.6 Å². The lowest BCUT2D eigenvalue weighted by atomic mass is 10.1. The molecule has 5 heteroatoms. The van der Waals surface area contributed by atoms with Crippen molar-refractivity contribution >= 4 is 17.3 Å². The molecule has 0 spiro atoms. The molecule has 0 fully saturated rings. The number of hydrogen-bond donors (Lipinski definition) is 2. The molecule has 0 amide bonds. The molecule has 0 aromatic heterocycles. The Morgan fingerprint density at radius 3 is 2.58 bits per heavy atom. The molecule has 0 saturated heterocycles. The van der Waals surface area contributed by atoms with E-state index in [0.29, 0.717) is 10.7 Å². The van der Waals surface area contributed by atoms with Crippen LogP contribution in [0.25, 0.3) is 0 Å². The molecule has 2 N–H and O–H groups in total. The van der Waals surface area contributed by atoms with Crippen LogP contribution in [-0.2, 0) is 0 Å². The van der Waals surface area contributed by atoms with Crippen LogP contribution in [0.15, 0.2) is 42.5 Å². The van der Waals surface area contributed by atoms with Crippen LogP contribution in [-0.4, -0.2) is 11.7 Å². The number of aliphatic hydroxyl groups is 1. The maximum absolute atomic E-state index is 13.7. The first-order valence-electron chi connectivity index (χ1n) is 5.68. The summed E-state index contributed by atoms with van der Waals surface area (Å²) in [6, 6.07) is 9.91. The van der Waals surface area contributed by atoms with E-state index in [1.165, 1.54) is 12.1 Å². The zero-order valence-electron chi connectivity index (χ0n) is 9.91. The number of halogens is 3. The van der Waals surface area contributed by atoms with Gasteiger partial charge in [0.25, 0.3) is 0 Å². The van der Waals surface area contributed by atoms with Gasteiger partial charge in [-0.05, 0) is 24.3 Å².